The van der Waals surface area contributed by atoms with Crippen LogP contribution in [0.2, 0.25) is 0 Å². The lowest BCUT2D eigenvalue weighted by Gasteiger charge is -2.28. The SMILES string of the molecule is CN=C(NCCc1nc2ccccc2[nH]1)N(C)CCC(NC(=O)OC(C)(C)C)C(C)C.I. The second-order valence-electron chi connectivity index (χ2n) is 9.13. The maximum Gasteiger partial charge on any atom is 0.407 e. The van der Waals surface area contributed by atoms with E-state index >= 15 is 0 Å². The Morgan fingerprint density at radius 3 is 2.56 bits per heavy atom. The number of halogens is 1. The van der Waals surface area contributed by atoms with Crippen LogP contribution < -0.4 is 10.6 Å². The van der Waals surface area contributed by atoms with Gasteiger partial charge in [-0.25, -0.2) is 9.78 Å². The third-order valence-electron chi connectivity index (χ3n) is 4.94. The minimum Gasteiger partial charge on any atom is -0.444 e. The molecule has 32 heavy (non-hydrogen) atoms. The molecule has 2 aromatic rings. The van der Waals surface area contributed by atoms with Crippen molar-refractivity contribution in [1.82, 2.24) is 25.5 Å². The zero-order valence-electron chi connectivity index (χ0n) is 20.4. The van der Waals surface area contributed by atoms with E-state index in [1.165, 1.54) is 0 Å². The summed E-state index contributed by atoms with van der Waals surface area (Å²) in [5, 5.41) is 6.39. The maximum atomic E-state index is 12.2. The third-order valence-corrected chi connectivity index (χ3v) is 4.94. The lowest BCUT2D eigenvalue weighted by molar-refractivity contribution is 0.0486. The smallest absolute Gasteiger partial charge is 0.407 e. The van der Waals surface area contributed by atoms with Crippen molar-refractivity contribution in [3.05, 3.63) is 30.1 Å². The Morgan fingerprint density at radius 2 is 1.97 bits per heavy atom. The number of para-hydroxylation sites is 2. The number of nitrogens with one attached hydrogen (secondary N) is 3. The zero-order valence-corrected chi connectivity index (χ0v) is 22.7. The van der Waals surface area contributed by atoms with Crippen LogP contribution in [0.4, 0.5) is 4.79 Å². The fourth-order valence-corrected chi connectivity index (χ4v) is 3.27. The van der Waals surface area contributed by atoms with Crippen molar-refractivity contribution in [3.8, 4) is 0 Å². The summed E-state index contributed by atoms with van der Waals surface area (Å²) in [5.74, 6) is 2.06. The standard InChI is InChI=1S/C23H38N6O2.HI/c1-16(2)17(28-22(30)31-23(3,4)5)13-15-29(7)21(24-6)25-14-12-20-26-18-10-8-9-11-19(18)27-20;/h8-11,16-17H,12-15H2,1-7H3,(H,24,25)(H,26,27)(H,28,30);1H. The highest BCUT2D eigenvalue weighted by atomic mass is 127. The minimum atomic E-state index is -0.506. The first-order chi connectivity index (χ1) is 14.6. The van der Waals surface area contributed by atoms with Crippen LogP contribution >= 0.6 is 24.0 Å². The number of benzene rings is 1. The molecule has 3 N–H and O–H groups in total. The van der Waals surface area contributed by atoms with Gasteiger partial charge in [-0.1, -0.05) is 26.0 Å². The summed E-state index contributed by atoms with van der Waals surface area (Å²) >= 11 is 0. The minimum absolute atomic E-state index is 0. The quantitative estimate of drug-likeness (QED) is 0.257. The van der Waals surface area contributed by atoms with Crippen molar-refractivity contribution in [2.24, 2.45) is 10.9 Å². The van der Waals surface area contributed by atoms with Crippen LogP contribution in [0.3, 0.4) is 0 Å². The largest absolute Gasteiger partial charge is 0.444 e. The monoisotopic (exact) mass is 558 g/mol. The first-order valence-corrected chi connectivity index (χ1v) is 10.9. The molecule has 0 aliphatic rings. The first kappa shape index (κ1) is 28.0. The lowest BCUT2D eigenvalue weighted by Crippen LogP contribution is -2.45. The van der Waals surface area contributed by atoms with E-state index in [0.29, 0.717) is 5.92 Å². The van der Waals surface area contributed by atoms with Gasteiger partial charge in [-0.05, 0) is 45.2 Å². The first-order valence-electron chi connectivity index (χ1n) is 10.9. The van der Waals surface area contributed by atoms with Crippen molar-refractivity contribution >= 4 is 47.1 Å². The van der Waals surface area contributed by atoms with Crippen LogP contribution in [0.25, 0.3) is 11.0 Å². The van der Waals surface area contributed by atoms with Crippen LogP contribution in [0.1, 0.15) is 46.9 Å². The van der Waals surface area contributed by atoms with Crippen molar-refractivity contribution in [2.45, 2.75) is 59.1 Å². The summed E-state index contributed by atoms with van der Waals surface area (Å²) < 4.78 is 5.40. The number of nitrogens with zero attached hydrogens (tertiary/aromatic N) is 3. The summed E-state index contributed by atoms with van der Waals surface area (Å²) in [4.78, 5) is 26.6. The topological polar surface area (TPSA) is 94.6 Å². The predicted molar refractivity (Wildman–Crippen MR) is 142 cm³/mol. The Bertz CT molecular complexity index is 842. The van der Waals surface area contributed by atoms with E-state index in [4.69, 9.17) is 4.74 Å². The van der Waals surface area contributed by atoms with Gasteiger partial charge in [-0.2, -0.15) is 0 Å². The van der Waals surface area contributed by atoms with Crippen molar-refractivity contribution in [1.29, 1.82) is 0 Å². The number of carbonyl (C=O) groups is 1. The van der Waals surface area contributed by atoms with Gasteiger partial charge < -0.3 is 25.3 Å². The summed E-state index contributed by atoms with van der Waals surface area (Å²) in [6.07, 6.45) is 1.19. The van der Waals surface area contributed by atoms with Crippen LogP contribution in [-0.2, 0) is 11.2 Å². The van der Waals surface area contributed by atoms with Crippen molar-refractivity contribution < 1.29 is 9.53 Å². The number of aromatic amines is 1. The van der Waals surface area contributed by atoms with Crippen LogP contribution in [-0.4, -0.2) is 65.7 Å². The third kappa shape index (κ3) is 9.22. The van der Waals surface area contributed by atoms with Gasteiger partial charge in [0.15, 0.2) is 5.96 Å². The molecule has 180 valence electrons. The van der Waals surface area contributed by atoms with Gasteiger partial charge in [0.1, 0.15) is 11.4 Å². The summed E-state index contributed by atoms with van der Waals surface area (Å²) in [6, 6.07) is 8.05. The van der Waals surface area contributed by atoms with Crippen LogP contribution in [0.15, 0.2) is 29.3 Å². The summed E-state index contributed by atoms with van der Waals surface area (Å²) in [7, 11) is 3.78. The number of hydrogen-bond acceptors (Lipinski definition) is 4. The van der Waals surface area contributed by atoms with Gasteiger partial charge in [0, 0.05) is 39.6 Å². The van der Waals surface area contributed by atoms with Crippen molar-refractivity contribution in [3.63, 3.8) is 0 Å². The van der Waals surface area contributed by atoms with E-state index in [2.05, 4.69) is 44.3 Å². The highest BCUT2D eigenvalue weighted by Crippen LogP contribution is 2.12. The molecule has 1 aromatic heterocycles. The fraction of sp³-hybridized carbons (Fsp3) is 0.609. The van der Waals surface area contributed by atoms with Gasteiger partial charge in [0.2, 0.25) is 0 Å². The average molecular weight is 559 g/mol. The molecule has 0 saturated heterocycles. The van der Waals surface area contributed by atoms with Gasteiger partial charge in [-0.15, -0.1) is 24.0 Å². The number of aromatic nitrogens is 2. The molecule has 1 unspecified atom stereocenters. The van der Waals surface area contributed by atoms with E-state index in [-0.39, 0.29) is 36.1 Å². The van der Waals surface area contributed by atoms with E-state index in [1.807, 2.05) is 52.1 Å². The molecule has 0 aliphatic carbocycles. The second-order valence-corrected chi connectivity index (χ2v) is 9.13. The highest BCUT2D eigenvalue weighted by Gasteiger charge is 2.22. The van der Waals surface area contributed by atoms with E-state index in [0.717, 1.165) is 48.7 Å². The van der Waals surface area contributed by atoms with Crippen LogP contribution in [0.5, 0.6) is 0 Å². The molecule has 1 amide bonds. The van der Waals surface area contributed by atoms with E-state index in [9.17, 15) is 4.79 Å². The van der Waals surface area contributed by atoms with E-state index < -0.39 is 5.60 Å². The Kier molecular flexibility index (Phi) is 11.2. The number of imidazole rings is 1. The Morgan fingerprint density at radius 1 is 1.28 bits per heavy atom. The van der Waals surface area contributed by atoms with Crippen molar-refractivity contribution in [2.75, 3.05) is 27.2 Å². The molecule has 8 nitrogen and oxygen atoms in total. The number of guanidine groups is 1. The zero-order chi connectivity index (χ0) is 23.0. The normalized spacial score (nSPS) is 12.9. The number of amides is 1. The fourth-order valence-electron chi connectivity index (χ4n) is 3.27. The van der Waals surface area contributed by atoms with Crippen LogP contribution in [0, 0.1) is 5.92 Å². The average Bonchev–Trinajstić information content (AvgIpc) is 3.09. The molecule has 0 radical (unpaired) electrons. The number of alkyl carbamates (subject to hydrolysis) is 1. The molecule has 0 aliphatic heterocycles. The predicted octanol–water partition coefficient (Wildman–Crippen LogP) is 4.17. The molecule has 0 spiro atoms. The summed E-state index contributed by atoms with van der Waals surface area (Å²) in [5.41, 5.74) is 1.53. The maximum absolute atomic E-state index is 12.2. The Hall–Kier alpha value is -2.04. The molecule has 0 bridgehead atoms. The number of H-pyrrole nitrogens is 1. The number of fused-ring (bicyclic) bond motifs is 1. The number of rotatable bonds is 8. The molecule has 1 aromatic carbocycles. The number of aliphatic imine (C=N–C) groups is 1. The van der Waals surface area contributed by atoms with Gasteiger partial charge >= 0.3 is 6.09 Å². The molecular weight excluding hydrogens is 519 g/mol. The summed E-state index contributed by atoms with van der Waals surface area (Å²) in [6.45, 7) is 11.3. The molecule has 9 heteroatoms. The molecule has 1 atom stereocenters. The van der Waals surface area contributed by atoms with Gasteiger partial charge in [0.25, 0.3) is 0 Å². The number of ether oxygens (including phenoxy) is 1. The molecule has 1 heterocycles. The lowest BCUT2D eigenvalue weighted by atomic mass is 10.0. The van der Waals surface area contributed by atoms with Gasteiger partial charge in [0.05, 0.1) is 11.0 Å². The van der Waals surface area contributed by atoms with E-state index in [1.54, 1.807) is 7.05 Å². The Labute approximate surface area is 209 Å². The molecular formula is C23H39IN6O2. The Balaban J connectivity index is 0.00000512. The second kappa shape index (κ2) is 12.9. The number of carbonyl (C=O) groups excluding carboxylic acids is 1. The molecule has 0 fully saturated rings. The molecule has 2 rings (SSSR count). The highest BCUT2D eigenvalue weighted by molar-refractivity contribution is 14.0. The number of hydrogen-bond donors (Lipinski definition) is 3. The van der Waals surface area contributed by atoms with Gasteiger partial charge in [-0.3, -0.25) is 4.99 Å². The molecule has 0 saturated carbocycles.